The maximum absolute atomic E-state index is 11.3. The van der Waals surface area contributed by atoms with Crippen molar-refractivity contribution in [2.75, 3.05) is 6.54 Å². The van der Waals surface area contributed by atoms with Gasteiger partial charge in [0.2, 0.25) is 5.91 Å². The van der Waals surface area contributed by atoms with E-state index < -0.39 is 0 Å². The molecular weight excluding hydrogens is 202 g/mol. The molecule has 0 atom stereocenters. The number of hydrogen-bond donors (Lipinski definition) is 1. The predicted octanol–water partition coefficient (Wildman–Crippen LogP) is 3.08. The van der Waals surface area contributed by atoms with Gasteiger partial charge >= 0.3 is 0 Å². The van der Waals surface area contributed by atoms with Gasteiger partial charge in [0.05, 0.1) is 0 Å². The standard InChI is InChI=1S/C12H25NO.CH2O/c1-3-5-7-8-10-12(14)13-11-9-6-4-2;1-2/h3-11H2,1-2H3,(H,13,14);1H2. The molecule has 0 saturated heterocycles. The molecule has 0 radical (unpaired) electrons. The minimum Gasteiger partial charge on any atom is -0.356 e. The van der Waals surface area contributed by atoms with Crippen LogP contribution in [0.25, 0.3) is 0 Å². The van der Waals surface area contributed by atoms with Crippen molar-refractivity contribution in [3.05, 3.63) is 0 Å². The molecule has 1 amide bonds. The second-order valence-corrected chi connectivity index (χ2v) is 3.87. The van der Waals surface area contributed by atoms with Gasteiger partial charge in [-0.1, -0.05) is 46.0 Å². The van der Waals surface area contributed by atoms with E-state index in [9.17, 15) is 4.79 Å². The Labute approximate surface area is 100.0 Å². The van der Waals surface area contributed by atoms with Crippen molar-refractivity contribution < 1.29 is 9.59 Å². The van der Waals surface area contributed by atoms with Crippen molar-refractivity contribution in [3.63, 3.8) is 0 Å². The third-order valence-electron chi connectivity index (χ3n) is 2.36. The highest BCUT2D eigenvalue weighted by Gasteiger charge is 1.99. The third kappa shape index (κ3) is 15.6. The minimum absolute atomic E-state index is 0.234. The van der Waals surface area contributed by atoms with E-state index in [1.165, 1.54) is 32.1 Å². The zero-order valence-corrected chi connectivity index (χ0v) is 10.9. The van der Waals surface area contributed by atoms with Gasteiger partial charge in [-0.2, -0.15) is 0 Å². The number of unbranched alkanes of at least 4 members (excludes halogenated alkanes) is 5. The molecule has 0 saturated carbocycles. The van der Waals surface area contributed by atoms with Crippen LogP contribution in [0.4, 0.5) is 0 Å². The van der Waals surface area contributed by atoms with Crippen LogP contribution in [0, 0.1) is 0 Å². The Morgan fingerprint density at radius 2 is 1.50 bits per heavy atom. The molecule has 0 rings (SSSR count). The largest absolute Gasteiger partial charge is 0.356 e. The number of rotatable bonds is 9. The smallest absolute Gasteiger partial charge is 0.219 e. The van der Waals surface area contributed by atoms with E-state index in [2.05, 4.69) is 19.2 Å². The first-order valence-corrected chi connectivity index (χ1v) is 6.36. The highest BCUT2D eigenvalue weighted by atomic mass is 16.1. The topological polar surface area (TPSA) is 46.2 Å². The second-order valence-electron chi connectivity index (χ2n) is 3.87. The Kier molecular flexibility index (Phi) is 18.2. The summed E-state index contributed by atoms with van der Waals surface area (Å²) >= 11 is 0. The summed E-state index contributed by atoms with van der Waals surface area (Å²) in [5.74, 6) is 0.234. The number of carbonyl (C=O) groups is 2. The summed E-state index contributed by atoms with van der Waals surface area (Å²) in [6.07, 6.45) is 9.00. The van der Waals surface area contributed by atoms with Crippen LogP contribution in [-0.2, 0) is 9.59 Å². The van der Waals surface area contributed by atoms with Gasteiger partial charge in [-0.3, -0.25) is 4.79 Å². The van der Waals surface area contributed by atoms with Gasteiger partial charge in [0.25, 0.3) is 0 Å². The molecule has 0 aliphatic carbocycles. The Morgan fingerprint density at radius 3 is 2.06 bits per heavy atom. The van der Waals surface area contributed by atoms with Crippen LogP contribution in [0.1, 0.15) is 65.2 Å². The zero-order chi connectivity index (χ0) is 12.6. The molecular formula is C13H27NO2. The number of hydrogen-bond acceptors (Lipinski definition) is 2. The van der Waals surface area contributed by atoms with Gasteiger partial charge in [0, 0.05) is 13.0 Å². The van der Waals surface area contributed by atoms with Crippen molar-refractivity contribution in [1.29, 1.82) is 0 Å². The van der Waals surface area contributed by atoms with Gasteiger partial charge in [0.1, 0.15) is 6.79 Å². The molecule has 0 aromatic heterocycles. The number of amides is 1. The molecule has 0 heterocycles. The lowest BCUT2D eigenvalue weighted by molar-refractivity contribution is -0.121. The summed E-state index contributed by atoms with van der Waals surface area (Å²) in [7, 11) is 0. The molecule has 0 aromatic rings. The zero-order valence-electron chi connectivity index (χ0n) is 10.9. The lowest BCUT2D eigenvalue weighted by Crippen LogP contribution is -2.23. The molecule has 0 bridgehead atoms. The summed E-state index contributed by atoms with van der Waals surface area (Å²) < 4.78 is 0. The third-order valence-corrected chi connectivity index (χ3v) is 2.36. The van der Waals surface area contributed by atoms with E-state index in [-0.39, 0.29) is 5.91 Å². The predicted molar refractivity (Wildman–Crippen MR) is 68.4 cm³/mol. The van der Waals surface area contributed by atoms with E-state index >= 15 is 0 Å². The number of carbonyl (C=O) groups excluding carboxylic acids is 2. The van der Waals surface area contributed by atoms with Crippen molar-refractivity contribution in [2.24, 2.45) is 0 Å². The van der Waals surface area contributed by atoms with Gasteiger partial charge in [-0.25, -0.2) is 0 Å². The lowest BCUT2D eigenvalue weighted by Gasteiger charge is -2.03. The number of nitrogens with one attached hydrogen (secondary N) is 1. The molecule has 1 N–H and O–H groups in total. The normalized spacial score (nSPS) is 9.12. The van der Waals surface area contributed by atoms with Gasteiger partial charge in [0.15, 0.2) is 0 Å². The fourth-order valence-electron chi connectivity index (χ4n) is 1.40. The molecule has 0 fully saturated rings. The lowest BCUT2D eigenvalue weighted by atomic mass is 10.1. The summed E-state index contributed by atoms with van der Waals surface area (Å²) in [4.78, 5) is 19.3. The maximum Gasteiger partial charge on any atom is 0.219 e. The van der Waals surface area contributed by atoms with Crippen LogP contribution in [0.5, 0.6) is 0 Å². The van der Waals surface area contributed by atoms with E-state index in [0.29, 0.717) is 6.42 Å². The first kappa shape index (κ1) is 17.5. The molecule has 96 valence electrons. The first-order chi connectivity index (χ1) is 7.81. The van der Waals surface area contributed by atoms with E-state index in [0.717, 1.165) is 19.4 Å². The monoisotopic (exact) mass is 229 g/mol. The molecule has 3 nitrogen and oxygen atoms in total. The fraction of sp³-hybridized carbons (Fsp3) is 0.846. The first-order valence-electron chi connectivity index (χ1n) is 6.36. The van der Waals surface area contributed by atoms with Gasteiger partial charge in [-0.15, -0.1) is 0 Å². The van der Waals surface area contributed by atoms with Crippen molar-refractivity contribution in [2.45, 2.75) is 65.2 Å². The van der Waals surface area contributed by atoms with Crippen LogP contribution in [-0.4, -0.2) is 19.2 Å². The molecule has 0 aliphatic rings. The molecule has 0 spiro atoms. The van der Waals surface area contributed by atoms with E-state index in [1.54, 1.807) is 0 Å². The summed E-state index contributed by atoms with van der Waals surface area (Å²) in [5.41, 5.74) is 0. The van der Waals surface area contributed by atoms with E-state index in [1.807, 2.05) is 6.79 Å². The highest BCUT2D eigenvalue weighted by Crippen LogP contribution is 2.02. The Morgan fingerprint density at radius 1 is 0.938 bits per heavy atom. The summed E-state index contributed by atoms with van der Waals surface area (Å²) in [6.45, 7) is 7.22. The molecule has 0 aromatic carbocycles. The van der Waals surface area contributed by atoms with E-state index in [4.69, 9.17) is 4.79 Å². The average molecular weight is 229 g/mol. The Bertz CT molecular complexity index is 135. The van der Waals surface area contributed by atoms with Crippen molar-refractivity contribution in [1.82, 2.24) is 5.32 Å². The molecule has 0 aliphatic heterocycles. The summed E-state index contributed by atoms with van der Waals surface area (Å²) in [6, 6.07) is 0. The van der Waals surface area contributed by atoms with Gasteiger partial charge in [-0.05, 0) is 12.8 Å². The van der Waals surface area contributed by atoms with Gasteiger partial charge < -0.3 is 10.1 Å². The Balaban J connectivity index is 0. The molecule has 0 unspecified atom stereocenters. The van der Waals surface area contributed by atoms with Crippen molar-refractivity contribution >= 4 is 12.7 Å². The fourth-order valence-corrected chi connectivity index (χ4v) is 1.40. The Hall–Kier alpha value is -0.860. The quantitative estimate of drug-likeness (QED) is 0.618. The van der Waals surface area contributed by atoms with Crippen LogP contribution in [0.3, 0.4) is 0 Å². The summed E-state index contributed by atoms with van der Waals surface area (Å²) in [5, 5.41) is 2.96. The minimum atomic E-state index is 0.234. The van der Waals surface area contributed by atoms with Crippen LogP contribution in [0.15, 0.2) is 0 Å². The highest BCUT2D eigenvalue weighted by molar-refractivity contribution is 5.75. The second kappa shape index (κ2) is 16.6. The van der Waals surface area contributed by atoms with Crippen LogP contribution >= 0.6 is 0 Å². The maximum atomic E-state index is 11.3. The SMILES string of the molecule is C=O.CCCCCCC(=O)NCCCCC. The van der Waals surface area contributed by atoms with Crippen molar-refractivity contribution in [3.8, 4) is 0 Å². The average Bonchev–Trinajstić information content (AvgIpc) is 2.33. The molecule has 16 heavy (non-hydrogen) atoms. The van der Waals surface area contributed by atoms with Crippen LogP contribution in [0.2, 0.25) is 0 Å². The molecule has 3 heteroatoms. The van der Waals surface area contributed by atoms with Crippen LogP contribution < -0.4 is 5.32 Å².